The van der Waals surface area contributed by atoms with Gasteiger partial charge in [-0.2, -0.15) is 0 Å². The van der Waals surface area contributed by atoms with Crippen molar-refractivity contribution < 1.29 is 9.53 Å². The zero-order valence-corrected chi connectivity index (χ0v) is 12.5. The molecule has 0 aromatic heterocycles. The minimum atomic E-state index is -1.03. The van der Waals surface area contributed by atoms with Gasteiger partial charge < -0.3 is 0 Å². The van der Waals surface area contributed by atoms with E-state index >= 15 is 0 Å². The first-order valence-electron chi connectivity index (χ1n) is 5.40. The molecule has 1 rings (SSSR count). The Morgan fingerprint density at radius 1 is 1.41 bits per heavy atom. The third kappa shape index (κ3) is 4.80. The summed E-state index contributed by atoms with van der Waals surface area (Å²) in [5.74, 6) is 0. The van der Waals surface area contributed by atoms with Crippen molar-refractivity contribution in [2.24, 2.45) is 5.73 Å². The quantitative estimate of drug-likeness (QED) is 0.637. The molecule has 0 fully saturated rings. The van der Waals surface area contributed by atoms with E-state index in [4.69, 9.17) is 16.2 Å². The fourth-order valence-corrected chi connectivity index (χ4v) is 3.48. The van der Waals surface area contributed by atoms with Gasteiger partial charge in [0.25, 0.3) is 0 Å². The molecular formula is C12H19AsN2O2. The Morgan fingerprint density at radius 2 is 2.06 bits per heavy atom. The molecule has 0 radical (unpaired) electrons. The second-order valence-electron chi connectivity index (χ2n) is 4.75. The third-order valence-electron chi connectivity index (χ3n) is 1.99. The van der Waals surface area contributed by atoms with Crippen LogP contribution >= 0.6 is 0 Å². The molecule has 0 aliphatic carbocycles. The molecule has 0 saturated heterocycles. The van der Waals surface area contributed by atoms with Gasteiger partial charge in [-0.05, 0) is 0 Å². The molecule has 4 N–H and O–H groups in total. The number of carbonyl (C=O) groups is 1. The molecule has 5 heteroatoms. The van der Waals surface area contributed by atoms with Crippen molar-refractivity contribution in [2.75, 3.05) is 5.73 Å². The molecule has 0 aliphatic heterocycles. The number of anilines is 1. The topological polar surface area (TPSA) is 78.3 Å². The predicted octanol–water partition coefficient (Wildman–Crippen LogP) is 0.724. The first kappa shape index (κ1) is 14.1. The maximum absolute atomic E-state index is 11.7. The number of carbonyl (C=O) groups excluding carboxylic acids is 1. The molecule has 1 atom stereocenters. The van der Waals surface area contributed by atoms with Gasteiger partial charge in [-0.1, -0.05) is 0 Å². The molecule has 0 amide bonds. The average Bonchev–Trinajstić information content (AvgIpc) is 2.18. The number of rotatable bonds is 3. The molecule has 0 saturated carbocycles. The molecule has 1 aromatic rings. The number of nitrogen functional groups attached to an aromatic ring is 1. The average molecular weight is 298 g/mol. The predicted molar refractivity (Wildman–Crippen MR) is 71.8 cm³/mol. The number of hydrogen-bond acceptors (Lipinski definition) is 4. The van der Waals surface area contributed by atoms with Crippen LogP contribution in [-0.4, -0.2) is 26.1 Å². The summed E-state index contributed by atoms with van der Waals surface area (Å²) in [4.78, 5) is 11.7. The van der Waals surface area contributed by atoms with E-state index in [0.717, 1.165) is 9.91 Å². The maximum atomic E-state index is 11.7. The standard InChI is InChI=1S/C12H19AsN2O2/c1-12(2,3)17-11(16)13-9-6-8(7-14)4-5-10(9)15/h4-6,13H,7,14-15H2,1-3H3. The van der Waals surface area contributed by atoms with Crippen LogP contribution in [0.15, 0.2) is 18.2 Å². The van der Waals surface area contributed by atoms with E-state index in [2.05, 4.69) is 0 Å². The van der Waals surface area contributed by atoms with Gasteiger partial charge in [0.1, 0.15) is 0 Å². The minimum absolute atomic E-state index is 0.154. The Hall–Kier alpha value is -0.992. The van der Waals surface area contributed by atoms with Gasteiger partial charge in [0.05, 0.1) is 0 Å². The Morgan fingerprint density at radius 3 is 2.59 bits per heavy atom. The molecule has 0 spiro atoms. The summed E-state index contributed by atoms with van der Waals surface area (Å²) in [5.41, 5.74) is 12.6. The number of ether oxygens (including phenoxy) is 1. The van der Waals surface area contributed by atoms with Gasteiger partial charge in [-0.25, -0.2) is 0 Å². The fraction of sp³-hybridized carbons (Fsp3) is 0.417. The van der Waals surface area contributed by atoms with Crippen molar-refractivity contribution >= 4 is 30.5 Å². The zero-order chi connectivity index (χ0) is 13.1. The Balaban J connectivity index is 2.77. The van der Waals surface area contributed by atoms with Crippen LogP contribution < -0.4 is 15.8 Å². The Kier molecular flexibility index (Phi) is 4.60. The SMILES string of the molecule is CC(C)(C)OC(=O)[AsH]c1cc(CN)ccc1N. The third-order valence-corrected chi connectivity index (χ3v) is 4.11. The molecule has 1 unspecified atom stereocenters. The van der Waals surface area contributed by atoms with Gasteiger partial charge in [-0.15, -0.1) is 0 Å². The van der Waals surface area contributed by atoms with E-state index in [0.29, 0.717) is 12.2 Å². The van der Waals surface area contributed by atoms with Gasteiger partial charge in [0.2, 0.25) is 0 Å². The first-order chi connectivity index (χ1) is 7.81. The molecule has 4 nitrogen and oxygen atoms in total. The second kappa shape index (κ2) is 5.56. The van der Waals surface area contributed by atoms with E-state index in [-0.39, 0.29) is 4.76 Å². The van der Waals surface area contributed by atoms with E-state index in [1.807, 2.05) is 32.9 Å². The first-order valence-corrected chi connectivity index (χ1v) is 7.50. The van der Waals surface area contributed by atoms with Crippen molar-refractivity contribution in [2.45, 2.75) is 32.9 Å². The molecule has 0 aliphatic rings. The van der Waals surface area contributed by atoms with Crippen molar-refractivity contribution in [3.63, 3.8) is 0 Å². The number of benzene rings is 1. The molecule has 1 aromatic carbocycles. The molecule has 0 heterocycles. The van der Waals surface area contributed by atoms with Crippen LogP contribution in [0.3, 0.4) is 0 Å². The van der Waals surface area contributed by atoms with Gasteiger partial charge in [0, 0.05) is 0 Å². The van der Waals surface area contributed by atoms with E-state index in [9.17, 15) is 4.79 Å². The van der Waals surface area contributed by atoms with Gasteiger partial charge in [-0.3, -0.25) is 0 Å². The second-order valence-corrected chi connectivity index (χ2v) is 7.26. The van der Waals surface area contributed by atoms with Crippen LogP contribution in [-0.2, 0) is 11.3 Å². The van der Waals surface area contributed by atoms with Crippen LogP contribution in [0, 0.1) is 0 Å². The summed E-state index contributed by atoms with van der Waals surface area (Å²) in [6.07, 6.45) is 0. The summed E-state index contributed by atoms with van der Waals surface area (Å²) in [6, 6.07) is 5.57. The number of nitrogens with two attached hydrogens (primary N) is 2. The fourth-order valence-electron chi connectivity index (χ4n) is 1.25. The molecule has 94 valence electrons. The van der Waals surface area contributed by atoms with E-state index in [1.165, 1.54) is 0 Å². The van der Waals surface area contributed by atoms with Crippen molar-refractivity contribution in [1.82, 2.24) is 0 Å². The summed E-state index contributed by atoms with van der Waals surface area (Å²) in [5, 5.41) is 0. The van der Waals surface area contributed by atoms with Crippen LogP contribution in [0.1, 0.15) is 26.3 Å². The van der Waals surface area contributed by atoms with Gasteiger partial charge >= 0.3 is 108 Å². The normalized spacial score (nSPS) is 12.0. The Labute approximate surface area is 108 Å². The van der Waals surface area contributed by atoms with Crippen molar-refractivity contribution in [3.8, 4) is 0 Å². The van der Waals surface area contributed by atoms with Crippen LogP contribution in [0.4, 0.5) is 10.5 Å². The molecule has 0 bridgehead atoms. The van der Waals surface area contributed by atoms with Crippen LogP contribution in [0.2, 0.25) is 0 Å². The summed E-state index contributed by atoms with van der Waals surface area (Å²) in [6.45, 7) is 6.03. The van der Waals surface area contributed by atoms with Crippen LogP contribution in [0.5, 0.6) is 0 Å². The van der Waals surface area contributed by atoms with Gasteiger partial charge in [0.15, 0.2) is 0 Å². The van der Waals surface area contributed by atoms with Crippen molar-refractivity contribution in [3.05, 3.63) is 23.8 Å². The molecule has 17 heavy (non-hydrogen) atoms. The summed E-state index contributed by atoms with van der Waals surface area (Å²) < 4.78 is 6.04. The summed E-state index contributed by atoms with van der Waals surface area (Å²) in [7, 11) is 0. The zero-order valence-electron chi connectivity index (χ0n) is 10.4. The van der Waals surface area contributed by atoms with Crippen LogP contribution in [0.25, 0.3) is 0 Å². The monoisotopic (exact) mass is 298 g/mol. The van der Waals surface area contributed by atoms with E-state index < -0.39 is 21.4 Å². The molecular weight excluding hydrogens is 279 g/mol. The Bertz CT molecular complexity index is 413. The summed E-state index contributed by atoms with van der Waals surface area (Å²) >= 11 is -1.03. The number of hydrogen-bond donors (Lipinski definition) is 2. The van der Waals surface area contributed by atoms with E-state index in [1.54, 1.807) is 6.07 Å². The van der Waals surface area contributed by atoms with Crippen molar-refractivity contribution in [1.29, 1.82) is 0 Å².